The van der Waals surface area contributed by atoms with Gasteiger partial charge in [-0.3, -0.25) is 0 Å². The van der Waals surface area contributed by atoms with Gasteiger partial charge in [0.1, 0.15) is 12.7 Å². The van der Waals surface area contributed by atoms with Gasteiger partial charge in [-0.1, -0.05) is 11.6 Å². The van der Waals surface area contributed by atoms with Crippen LogP contribution >= 0.6 is 11.6 Å². The fourth-order valence-corrected chi connectivity index (χ4v) is 5.05. The van der Waals surface area contributed by atoms with E-state index in [1.807, 2.05) is 12.3 Å². The summed E-state index contributed by atoms with van der Waals surface area (Å²) in [6.07, 6.45) is 14.9. The highest BCUT2D eigenvalue weighted by atomic mass is 35.5. The highest BCUT2D eigenvalue weighted by Crippen LogP contribution is 2.50. The molecule has 0 N–H and O–H groups in total. The van der Waals surface area contributed by atoms with Gasteiger partial charge in [0, 0.05) is 26.7 Å². The second kappa shape index (κ2) is 9.40. The quantitative estimate of drug-likeness (QED) is 0.538. The summed E-state index contributed by atoms with van der Waals surface area (Å²) in [5.41, 5.74) is 1.14. The van der Waals surface area contributed by atoms with E-state index in [-0.39, 0.29) is 0 Å². The molecule has 2 fully saturated rings. The number of aromatic nitrogens is 6. The fourth-order valence-electron chi connectivity index (χ4n) is 4.95. The molecule has 1 aliphatic heterocycles. The van der Waals surface area contributed by atoms with Crippen LogP contribution in [0.5, 0.6) is 0 Å². The first-order valence-corrected chi connectivity index (χ1v) is 11.8. The van der Waals surface area contributed by atoms with Gasteiger partial charge in [-0.25, -0.2) is 24.6 Å². The molecular formula is C23H29ClN8. The largest absolute Gasteiger partial charge is 0.373 e. The molecular weight excluding hydrogens is 424 g/mol. The molecule has 0 radical (unpaired) electrons. The van der Waals surface area contributed by atoms with Crippen molar-refractivity contribution in [2.45, 2.75) is 32.1 Å². The average Bonchev–Trinajstić information content (AvgIpc) is 3.46. The standard InChI is InChI=1S/C23H29ClN8/c1-30(20-4-5-22(26-14-20)32-16-25-15-29-32)9-6-18-11-21(18)17-3-2-8-31(10-7-17)23-27-12-19(24)13-28-23/h4-5,12-18,21H,2-3,6-11H2,1H3/t17-,18?,21?/m0/s1. The van der Waals surface area contributed by atoms with Crippen molar-refractivity contribution in [2.24, 2.45) is 17.8 Å². The van der Waals surface area contributed by atoms with Crippen LogP contribution in [0.15, 0.2) is 43.4 Å². The molecule has 1 saturated heterocycles. The van der Waals surface area contributed by atoms with Crippen LogP contribution in [-0.2, 0) is 0 Å². The van der Waals surface area contributed by atoms with E-state index in [9.17, 15) is 0 Å². The van der Waals surface area contributed by atoms with Gasteiger partial charge in [0.15, 0.2) is 5.82 Å². The fraction of sp³-hybridized carbons (Fsp3) is 0.522. The monoisotopic (exact) mass is 452 g/mol. The van der Waals surface area contributed by atoms with Crippen LogP contribution in [0.2, 0.25) is 5.02 Å². The second-order valence-corrected chi connectivity index (χ2v) is 9.40. The molecule has 32 heavy (non-hydrogen) atoms. The van der Waals surface area contributed by atoms with E-state index in [4.69, 9.17) is 11.6 Å². The maximum atomic E-state index is 5.93. The van der Waals surface area contributed by atoms with Gasteiger partial charge in [-0.2, -0.15) is 5.10 Å². The predicted octanol–water partition coefficient (Wildman–Crippen LogP) is 3.87. The van der Waals surface area contributed by atoms with Crippen LogP contribution < -0.4 is 9.80 Å². The lowest BCUT2D eigenvalue weighted by atomic mass is 9.93. The predicted molar refractivity (Wildman–Crippen MR) is 125 cm³/mol. The Balaban J connectivity index is 1.08. The molecule has 3 aromatic heterocycles. The molecule has 0 aromatic carbocycles. The number of hydrogen-bond acceptors (Lipinski definition) is 7. The normalized spacial score (nSPS) is 23.1. The van der Waals surface area contributed by atoms with Gasteiger partial charge in [0.05, 0.1) is 29.3 Å². The Morgan fingerprint density at radius 2 is 1.97 bits per heavy atom. The minimum absolute atomic E-state index is 0.592. The summed E-state index contributed by atoms with van der Waals surface area (Å²) < 4.78 is 1.67. The molecule has 0 amide bonds. The SMILES string of the molecule is CN(CCC1CC1[C@H]1CCCN(c2ncc(Cl)cn2)CC1)c1ccc(-n2cncn2)nc1. The Labute approximate surface area is 193 Å². The van der Waals surface area contributed by atoms with Gasteiger partial charge in [0.2, 0.25) is 5.95 Å². The van der Waals surface area contributed by atoms with Crippen molar-refractivity contribution in [3.8, 4) is 5.82 Å². The molecule has 168 valence electrons. The smallest absolute Gasteiger partial charge is 0.225 e. The lowest BCUT2D eigenvalue weighted by molar-refractivity contribution is 0.391. The van der Waals surface area contributed by atoms with Gasteiger partial charge >= 0.3 is 0 Å². The van der Waals surface area contributed by atoms with Crippen LogP contribution in [0.4, 0.5) is 11.6 Å². The van der Waals surface area contributed by atoms with Gasteiger partial charge in [-0.15, -0.1) is 0 Å². The molecule has 5 rings (SSSR count). The number of nitrogens with zero attached hydrogens (tertiary/aromatic N) is 8. The third-order valence-electron chi connectivity index (χ3n) is 6.91. The number of anilines is 2. The van der Waals surface area contributed by atoms with Crippen molar-refractivity contribution in [3.05, 3.63) is 48.4 Å². The summed E-state index contributed by atoms with van der Waals surface area (Å²) in [5.74, 6) is 4.15. The van der Waals surface area contributed by atoms with E-state index in [2.05, 4.69) is 47.9 Å². The Kier molecular flexibility index (Phi) is 6.21. The van der Waals surface area contributed by atoms with Gasteiger partial charge in [-0.05, 0) is 62.0 Å². The van der Waals surface area contributed by atoms with E-state index >= 15 is 0 Å². The van der Waals surface area contributed by atoms with Crippen LogP contribution in [0.25, 0.3) is 5.82 Å². The summed E-state index contributed by atoms with van der Waals surface area (Å²) in [4.78, 5) is 21.9. The maximum Gasteiger partial charge on any atom is 0.225 e. The zero-order valence-corrected chi connectivity index (χ0v) is 19.1. The van der Waals surface area contributed by atoms with Crippen LogP contribution in [0, 0.1) is 17.8 Å². The summed E-state index contributed by atoms with van der Waals surface area (Å²) in [6, 6.07) is 4.09. The Bertz CT molecular complexity index is 992. The zero-order chi connectivity index (χ0) is 21.9. The third-order valence-corrected chi connectivity index (χ3v) is 7.10. The Morgan fingerprint density at radius 3 is 2.72 bits per heavy atom. The summed E-state index contributed by atoms with van der Waals surface area (Å²) >= 11 is 5.93. The Hall–Kier alpha value is -2.74. The molecule has 4 heterocycles. The van der Waals surface area contributed by atoms with Crippen molar-refractivity contribution in [2.75, 3.05) is 36.5 Å². The minimum Gasteiger partial charge on any atom is -0.373 e. The van der Waals surface area contributed by atoms with Crippen molar-refractivity contribution in [3.63, 3.8) is 0 Å². The molecule has 1 saturated carbocycles. The maximum absolute atomic E-state index is 5.93. The topological polar surface area (TPSA) is 75.9 Å². The van der Waals surface area contributed by atoms with Crippen molar-refractivity contribution in [1.82, 2.24) is 29.7 Å². The molecule has 1 aliphatic carbocycles. The van der Waals surface area contributed by atoms with Gasteiger partial charge < -0.3 is 9.80 Å². The first kappa shape index (κ1) is 21.1. The van der Waals surface area contributed by atoms with Crippen molar-refractivity contribution in [1.29, 1.82) is 0 Å². The number of rotatable bonds is 7. The zero-order valence-electron chi connectivity index (χ0n) is 18.4. The van der Waals surface area contributed by atoms with Crippen molar-refractivity contribution < 1.29 is 0 Å². The Morgan fingerprint density at radius 1 is 1.09 bits per heavy atom. The third kappa shape index (κ3) is 4.85. The molecule has 3 aromatic rings. The van der Waals surface area contributed by atoms with Crippen molar-refractivity contribution >= 4 is 23.2 Å². The van der Waals surface area contributed by atoms with E-state index < -0.39 is 0 Å². The van der Waals surface area contributed by atoms with Crippen LogP contribution in [-0.4, -0.2) is 56.4 Å². The number of pyridine rings is 1. The van der Waals surface area contributed by atoms with E-state index in [1.54, 1.807) is 23.4 Å². The van der Waals surface area contributed by atoms with E-state index in [0.717, 1.165) is 54.8 Å². The van der Waals surface area contributed by atoms with Crippen LogP contribution in [0.1, 0.15) is 32.1 Å². The summed E-state index contributed by atoms with van der Waals surface area (Å²) in [7, 11) is 2.15. The van der Waals surface area contributed by atoms with Gasteiger partial charge in [0.25, 0.3) is 0 Å². The first-order valence-electron chi connectivity index (χ1n) is 11.4. The second-order valence-electron chi connectivity index (χ2n) is 8.96. The molecule has 0 bridgehead atoms. The molecule has 2 aliphatic rings. The molecule has 9 heteroatoms. The summed E-state index contributed by atoms with van der Waals surface area (Å²) in [5, 5.41) is 4.72. The van der Waals surface area contributed by atoms with E-state index in [0.29, 0.717) is 5.02 Å². The van der Waals surface area contributed by atoms with E-state index in [1.165, 1.54) is 38.4 Å². The molecule has 8 nitrogen and oxygen atoms in total. The molecule has 2 unspecified atom stereocenters. The highest BCUT2D eigenvalue weighted by Gasteiger charge is 2.42. The molecule has 3 atom stereocenters. The highest BCUT2D eigenvalue weighted by molar-refractivity contribution is 6.30. The minimum atomic E-state index is 0.592. The number of hydrogen-bond donors (Lipinski definition) is 0. The number of halogens is 1. The lowest BCUT2D eigenvalue weighted by Gasteiger charge is -2.21. The first-order chi connectivity index (χ1) is 15.7. The lowest BCUT2D eigenvalue weighted by Crippen LogP contribution is -2.26. The molecule has 0 spiro atoms. The van der Waals surface area contributed by atoms with Crippen LogP contribution in [0.3, 0.4) is 0 Å². The average molecular weight is 453 g/mol. The summed E-state index contributed by atoms with van der Waals surface area (Å²) in [6.45, 7) is 3.14.